The summed E-state index contributed by atoms with van der Waals surface area (Å²) in [7, 11) is 0. The van der Waals surface area contributed by atoms with E-state index in [9.17, 15) is 0 Å². The maximum Gasteiger partial charge on any atom is 0.0626 e. The van der Waals surface area contributed by atoms with Gasteiger partial charge in [0, 0.05) is 38.3 Å². The predicted octanol–water partition coefficient (Wildman–Crippen LogP) is 1.11. The number of hydrogen-bond donors (Lipinski definition) is 1. The van der Waals surface area contributed by atoms with E-state index in [1.54, 1.807) is 0 Å². The van der Waals surface area contributed by atoms with Crippen LogP contribution < -0.4 is 5.32 Å². The summed E-state index contributed by atoms with van der Waals surface area (Å²) in [5.41, 5.74) is 0. The Morgan fingerprint density at radius 3 is 2.73 bits per heavy atom. The molecule has 3 nitrogen and oxygen atoms in total. The molecule has 2 fully saturated rings. The van der Waals surface area contributed by atoms with E-state index in [0.29, 0.717) is 12.1 Å². The van der Waals surface area contributed by atoms with E-state index in [2.05, 4.69) is 35.9 Å². The Morgan fingerprint density at radius 1 is 1.27 bits per heavy atom. The summed E-state index contributed by atoms with van der Waals surface area (Å²) in [6.45, 7) is 11.8. The highest BCUT2D eigenvalue weighted by Crippen LogP contribution is 2.23. The highest BCUT2D eigenvalue weighted by Gasteiger charge is 2.32. The van der Waals surface area contributed by atoms with Crippen molar-refractivity contribution < 1.29 is 0 Å². The van der Waals surface area contributed by atoms with Gasteiger partial charge in [0.25, 0.3) is 0 Å². The second-order valence-electron chi connectivity index (χ2n) is 5.30. The van der Waals surface area contributed by atoms with E-state index in [0.717, 1.165) is 12.7 Å². The molecule has 2 aliphatic heterocycles. The van der Waals surface area contributed by atoms with Gasteiger partial charge in [-0.3, -0.25) is 9.80 Å². The number of nitrogens with one attached hydrogen (secondary N) is 1. The van der Waals surface area contributed by atoms with Gasteiger partial charge >= 0.3 is 0 Å². The van der Waals surface area contributed by atoms with Gasteiger partial charge in [0.05, 0.1) is 6.17 Å². The molecule has 0 saturated carbocycles. The molecule has 3 heteroatoms. The van der Waals surface area contributed by atoms with Crippen molar-refractivity contribution in [2.75, 3.05) is 26.2 Å². The molecule has 0 radical (unpaired) electrons. The Balaban J connectivity index is 1.96. The molecule has 1 N–H and O–H groups in total. The lowest BCUT2D eigenvalue weighted by atomic mass is 10.2. The summed E-state index contributed by atoms with van der Waals surface area (Å²) >= 11 is 0. The van der Waals surface area contributed by atoms with E-state index in [1.165, 1.54) is 32.5 Å². The second-order valence-corrected chi connectivity index (χ2v) is 5.30. The van der Waals surface area contributed by atoms with Gasteiger partial charge in [0.15, 0.2) is 0 Å². The molecule has 2 aliphatic rings. The minimum Gasteiger partial charge on any atom is -0.312 e. The molecule has 0 spiro atoms. The van der Waals surface area contributed by atoms with Gasteiger partial charge < -0.3 is 5.32 Å². The van der Waals surface area contributed by atoms with Crippen LogP contribution in [0.15, 0.2) is 0 Å². The van der Waals surface area contributed by atoms with Crippen molar-refractivity contribution in [1.82, 2.24) is 15.1 Å². The first-order valence-electron chi connectivity index (χ1n) is 6.41. The highest BCUT2D eigenvalue weighted by atomic mass is 15.4. The molecule has 0 bridgehead atoms. The van der Waals surface area contributed by atoms with Crippen molar-refractivity contribution in [2.24, 2.45) is 0 Å². The molecule has 2 saturated heterocycles. The van der Waals surface area contributed by atoms with Crippen LogP contribution in [0.3, 0.4) is 0 Å². The van der Waals surface area contributed by atoms with Gasteiger partial charge in [-0.2, -0.15) is 0 Å². The molecule has 15 heavy (non-hydrogen) atoms. The minimum absolute atomic E-state index is 0.661. The lowest BCUT2D eigenvalue weighted by Gasteiger charge is -2.41. The molecule has 2 unspecified atom stereocenters. The zero-order valence-corrected chi connectivity index (χ0v) is 10.4. The minimum atomic E-state index is 0.661. The summed E-state index contributed by atoms with van der Waals surface area (Å²) in [5.74, 6) is 0. The van der Waals surface area contributed by atoms with Crippen molar-refractivity contribution in [3.63, 3.8) is 0 Å². The number of nitrogens with zero attached hydrogens (tertiary/aromatic N) is 2. The molecule has 0 aliphatic carbocycles. The smallest absolute Gasteiger partial charge is 0.0626 e. The molecule has 0 aromatic rings. The van der Waals surface area contributed by atoms with Crippen molar-refractivity contribution in [1.29, 1.82) is 0 Å². The Hall–Kier alpha value is -0.120. The van der Waals surface area contributed by atoms with Gasteiger partial charge in [-0.1, -0.05) is 0 Å². The van der Waals surface area contributed by atoms with Crippen LogP contribution in [0.2, 0.25) is 0 Å². The topological polar surface area (TPSA) is 18.5 Å². The van der Waals surface area contributed by atoms with E-state index < -0.39 is 0 Å². The van der Waals surface area contributed by atoms with Crippen LogP contribution in [0.4, 0.5) is 0 Å². The molecular formula is C12H25N3. The second kappa shape index (κ2) is 4.81. The fraction of sp³-hybridized carbons (Fsp3) is 1.00. The van der Waals surface area contributed by atoms with Gasteiger partial charge in [0.2, 0.25) is 0 Å². The molecule has 2 atom stereocenters. The average molecular weight is 211 g/mol. The zero-order chi connectivity index (χ0) is 10.8. The van der Waals surface area contributed by atoms with E-state index >= 15 is 0 Å². The number of rotatable bonds is 2. The molecule has 2 rings (SSSR count). The SMILES string of the molecule is CC1CN(C2CCCN2C(C)C)CCN1. The molecule has 0 aromatic carbocycles. The monoisotopic (exact) mass is 211 g/mol. The first-order chi connectivity index (χ1) is 7.18. The Labute approximate surface area is 93.8 Å². The third-order valence-electron chi connectivity index (χ3n) is 3.75. The summed E-state index contributed by atoms with van der Waals surface area (Å²) < 4.78 is 0. The van der Waals surface area contributed by atoms with Crippen LogP contribution in [0, 0.1) is 0 Å². The van der Waals surface area contributed by atoms with E-state index in [-0.39, 0.29) is 0 Å². The normalized spacial score (nSPS) is 35.2. The standard InChI is InChI=1S/C12H25N3/c1-10(2)15-7-4-5-12(15)14-8-6-13-11(3)9-14/h10-13H,4-9H2,1-3H3. The molecule has 0 aromatic heterocycles. The van der Waals surface area contributed by atoms with Crippen LogP contribution in [-0.2, 0) is 0 Å². The maximum absolute atomic E-state index is 3.52. The largest absolute Gasteiger partial charge is 0.312 e. The zero-order valence-electron chi connectivity index (χ0n) is 10.4. The van der Waals surface area contributed by atoms with Gasteiger partial charge in [-0.25, -0.2) is 0 Å². The van der Waals surface area contributed by atoms with Crippen LogP contribution in [-0.4, -0.2) is 54.2 Å². The van der Waals surface area contributed by atoms with Crippen LogP contribution in [0.5, 0.6) is 0 Å². The average Bonchev–Trinajstić information content (AvgIpc) is 2.65. The Morgan fingerprint density at radius 2 is 2.07 bits per heavy atom. The van der Waals surface area contributed by atoms with Crippen LogP contribution in [0.25, 0.3) is 0 Å². The summed E-state index contributed by atoms with van der Waals surface area (Å²) in [6, 6.07) is 1.36. The molecular weight excluding hydrogens is 186 g/mol. The van der Waals surface area contributed by atoms with Crippen molar-refractivity contribution in [3.05, 3.63) is 0 Å². The van der Waals surface area contributed by atoms with Crippen LogP contribution in [0.1, 0.15) is 33.6 Å². The Kier molecular flexibility index (Phi) is 3.65. The third-order valence-corrected chi connectivity index (χ3v) is 3.75. The Bertz CT molecular complexity index is 205. The lowest BCUT2D eigenvalue weighted by molar-refractivity contribution is 0.0352. The third kappa shape index (κ3) is 2.52. The maximum atomic E-state index is 3.52. The van der Waals surface area contributed by atoms with Crippen molar-refractivity contribution in [2.45, 2.75) is 51.9 Å². The quantitative estimate of drug-likeness (QED) is 0.738. The lowest BCUT2D eigenvalue weighted by Crippen LogP contribution is -2.57. The number of likely N-dealkylation sites (tertiary alicyclic amines) is 1. The fourth-order valence-corrected chi connectivity index (χ4v) is 3.00. The number of hydrogen-bond acceptors (Lipinski definition) is 3. The molecule has 0 amide bonds. The van der Waals surface area contributed by atoms with Gasteiger partial charge in [0.1, 0.15) is 0 Å². The van der Waals surface area contributed by atoms with Crippen molar-refractivity contribution >= 4 is 0 Å². The number of piperazine rings is 1. The van der Waals surface area contributed by atoms with Gasteiger partial charge in [-0.05, 0) is 33.6 Å². The van der Waals surface area contributed by atoms with Crippen molar-refractivity contribution in [3.8, 4) is 0 Å². The van der Waals surface area contributed by atoms with Gasteiger partial charge in [-0.15, -0.1) is 0 Å². The summed E-state index contributed by atoms with van der Waals surface area (Å²) in [4.78, 5) is 5.34. The summed E-state index contributed by atoms with van der Waals surface area (Å²) in [6.07, 6.45) is 3.46. The first kappa shape index (κ1) is 11.4. The molecule has 2 heterocycles. The van der Waals surface area contributed by atoms with E-state index in [4.69, 9.17) is 0 Å². The molecule has 88 valence electrons. The fourth-order valence-electron chi connectivity index (χ4n) is 3.00. The van der Waals surface area contributed by atoms with Crippen LogP contribution >= 0.6 is 0 Å². The van der Waals surface area contributed by atoms with E-state index in [1.807, 2.05) is 0 Å². The predicted molar refractivity (Wildman–Crippen MR) is 63.9 cm³/mol. The summed E-state index contributed by atoms with van der Waals surface area (Å²) in [5, 5.41) is 3.52. The highest BCUT2D eigenvalue weighted by molar-refractivity contribution is 4.86. The first-order valence-corrected chi connectivity index (χ1v) is 6.41.